The van der Waals surface area contributed by atoms with Crippen LogP contribution in [0.5, 0.6) is 0 Å². The van der Waals surface area contributed by atoms with Crippen molar-refractivity contribution in [2.45, 2.75) is 0 Å². The number of rotatable bonds is 0. The van der Waals surface area contributed by atoms with Crippen LogP contribution in [0.3, 0.4) is 0 Å². The molecule has 0 bridgehead atoms. The fourth-order valence-corrected chi connectivity index (χ4v) is 1.26. The molecule has 13 heavy (non-hydrogen) atoms. The van der Waals surface area contributed by atoms with Gasteiger partial charge >= 0.3 is 12.1 Å². The molecule has 0 aromatic carbocycles. The Morgan fingerprint density at radius 3 is 2.00 bits per heavy atom. The molecule has 1 heterocycles. The van der Waals surface area contributed by atoms with Crippen LogP contribution in [0.1, 0.15) is 0 Å². The molecule has 1 aliphatic rings. The molecular weight excluding hydrogens is 174 g/mol. The number of urea groups is 1. The summed E-state index contributed by atoms with van der Waals surface area (Å²) in [5.41, 5.74) is 0. The highest BCUT2D eigenvalue weighted by molar-refractivity contribution is 5.74. The number of nitrogens with one attached hydrogen (secondary N) is 1. The van der Waals surface area contributed by atoms with Gasteiger partial charge in [-0.15, -0.1) is 0 Å². The Kier molecular flexibility index (Phi) is 2.94. The summed E-state index contributed by atoms with van der Waals surface area (Å²) in [5, 5.41) is 11.1. The molecule has 0 radical (unpaired) electrons. The van der Waals surface area contributed by atoms with E-state index in [2.05, 4.69) is 5.32 Å². The Morgan fingerprint density at radius 1 is 1.15 bits per heavy atom. The Balaban J connectivity index is 2.39. The predicted octanol–water partition coefficient (Wildman–Crippen LogP) is -0.379. The van der Waals surface area contributed by atoms with Crippen molar-refractivity contribution in [3.05, 3.63) is 0 Å². The Bertz CT molecular complexity index is 211. The molecule has 74 valence electrons. The number of hydrogen-bond acceptors (Lipinski definition) is 2. The van der Waals surface area contributed by atoms with E-state index in [1.54, 1.807) is 11.9 Å². The summed E-state index contributed by atoms with van der Waals surface area (Å²) >= 11 is 0. The van der Waals surface area contributed by atoms with Gasteiger partial charge in [0.05, 0.1) is 0 Å². The molecule has 2 N–H and O–H groups in total. The largest absolute Gasteiger partial charge is 0.465 e. The zero-order valence-electron chi connectivity index (χ0n) is 7.49. The molecule has 0 spiro atoms. The maximum absolute atomic E-state index is 11.1. The summed E-state index contributed by atoms with van der Waals surface area (Å²) < 4.78 is 0. The summed E-state index contributed by atoms with van der Waals surface area (Å²) in [6.45, 7) is 1.71. The minimum atomic E-state index is -0.920. The summed E-state index contributed by atoms with van der Waals surface area (Å²) in [6.07, 6.45) is -0.920. The van der Waals surface area contributed by atoms with Crippen molar-refractivity contribution >= 4 is 12.1 Å². The lowest BCUT2D eigenvalue weighted by molar-refractivity contribution is 0.112. The molecular formula is C7H13N3O3. The van der Waals surface area contributed by atoms with Gasteiger partial charge in [0.15, 0.2) is 0 Å². The third-order valence-corrected chi connectivity index (χ3v) is 2.05. The molecule has 0 saturated carbocycles. The van der Waals surface area contributed by atoms with E-state index in [0.717, 1.165) is 0 Å². The lowest BCUT2D eigenvalue weighted by atomic mass is 10.3. The number of amides is 3. The topological polar surface area (TPSA) is 72.9 Å². The molecule has 1 fully saturated rings. The molecule has 1 saturated heterocycles. The van der Waals surface area contributed by atoms with Crippen LogP contribution in [-0.2, 0) is 0 Å². The van der Waals surface area contributed by atoms with Crippen molar-refractivity contribution in [3.63, 3.8) is 0 Å². The molecule has 6 heteroatoms. The summed E-state index contributed by atoms with van der Waals surface area (Å²) in [6, 6.07) is -0.148. The lowest BCUT2D eigenvalue weighted by Crippen LogP contribution is -2.52. The first-order chi connectivity index (χ1) is 6.15. The van der Waals surface area contributed by atoms with Gasteiger partial charge in [0, 0.05) is 33.2 Å². The third-order valence-electron chi connectivity index (χ3n) is 2.05. The molecule has 0 atom stereocenters. The van der Waals surface area contributed by atoms with Crippen LogP contribution in [0.25, 0.3) is 0 Å². The zero-order valence-corrected chi connectivity index (χ0v) is 7.49. The van der Waals surface area contributed by atoms with E-state index < -0.39 is 6.09 Å². The molecule has 0 unspecified atom stereocenters. The lowest BCUT2D eigenvalue weighted by Gasteiger charge is -2.32. The van der Waals surface area contributed by atoms with E-state index >= 15 is 0 Å². The maximum Gasteiger partial charge on any atom is 0.407 e. The SMILES string of the molecule is CNC(=O)N1CCN(C(=O)O)CC1. The second kappa shape index (κ2) is 3.97. The number of carboxylic acid groups (broad SMARTS) is 1. The van der Waals surface area contributed by atoms with Crippen molar-refractivity contribution in [1.29, 1.82) is 0 Å². The fourth-order valence-electron chi connectivity index (χ4n) is 1.26. The molecule has 1 rings (SSSR count). The number of carbonyl (C=O) groups excluding carboxylic acids is 1. The summed E-state index contributed by atoms with van der Waals surface area (Å²) in [4.78, 5) is 24.5. The van der Waals surface area contributed by atoms with Crippen LogP contribution in [0.4, 0.5) is 9.59 Å². The first-order valence-electron chi connectivity index (χ1n) is 4.09. The molecule has 3 amide bonds. The average Bonchev–Trinajstić information content (AvgIpc) is 2.17. The van der Waals surface area contributed by atoms with Crippen molar-refractivity contribution in [3.8, 4) is 0 Å². The van der Waals surface area contributed by atoms with Gasteiger partial charge in [-0.25, -0.2) is 9.59 Å². The first kappa shape index (κ1) is 9.63. The van der Waals surface area contributed by atoms with Gasteiger partial charge in [-0.1, -0.05) is 0 Å². The van der Waals surface area contributed by atoms with Gasteiger partial charge < -0.3 is 20.2 Å². The standard InChI is InChI=1S/C7H13N3O3/c1-8-6(11)9-2-4-10(5-3-9)7(12)13/h2-5H2,1H3,(H,8,11)(H,12,13). The van der Waals surface area contributed by atoms with E-state index in [-0.39, 0.29) is 6.03 Å². The van der Waals surface area contributed by atoms with Gasteiger partial charge in [-0.05, 0) is 0 Å². The Morgan fingerprint density at radius 2 is 1.62 bits per heavy atom. The highest BCUT2D eigenvalue weighted by atomic mass is 16.4. The summed E-state index contributed by atoms with van der Waals surface area (Å²) in [7, 11) is 1.56. The smallest absolute Gasteiger partial charge is 0.407 e. The first-order valence-corrected chi connectivity index (χ1v) is 4.09. The van der Waals surface area contributed by atoms with Crippen LogP contribution in [0.15, 0.2) is 0 Å². The van der Waals surface area contributed by atoms with E-state index in [9.17, 15) is 9.59 Å². The Hall–Kier alpha value is -1.46. The zero-order chi connectivity index (χ0) is 9.84. The molecule has 6 nitrogen and oxygen atoms in total. The van der Waals surface area contributed by atoms with E-state index in [0.29, 0.717) is 26.2 Å². The van der Waals surface area contributed by atoms with Crippen LogP contribution in [-0.4, -0.2) is 60.3 Å². The van der Waals surface area contributed by atoms with Crippen LogP contribution < -0.4 is 5.32 Å². The van der Waals surface area contributed by atoms with Crippen molar-refractivity contribution in [2.24, 2.45) is 0 Å². The van der Waals surface area contributed by atoms with Crippen molar-refractivity contribution in [2.75, 3.05) is 33.2 Å². The van der Waals surface area contributed by atoms with Crippen LogP contribution in [0, 0.1) is 0 Å². The number of carbonyl (C=O) groups is 2. The van der Waals surface area contributed by atoms with Crippen LogP contribution in [0.2, 0.25) is 0 Å². The molecule has 0 aromatic rings. The van der Waals surface area contributed by atoms with Crippen molar-refractivity contribution < 1.29 is 14.7 Å². The van der Waals surface area contributed by atoms with E-state index in [1.165, 1.54) is 4.90 Å². The van der Waals surface area contributed by atoms with Crippen LogP contribution >= 0.6 is 0 Å². The highest BCUT2D eigenvalue weighted by Crippen LogP contribution is 2.01. The van der Waals surface area contributed by atoms with Gasteiger partial charge in [0.1, 0.15) is 0 Å². The molecule has 0 aromatic heterocycles. The van der Waals surface area contributed by atoms with Gasteiger partial charge in [-0.3, -0.25) is 0 Å². The predicted molar refractivity (Wildman–Crippen MR) is 45.6 cm³/mol. The summed E-state index contributed by atoms with van der Waals surface area (Å²) in [5.74, 6) is 0. The van der Waals surface area contributed by atoms with E-state index in [4.69, 9.17) is 5.11 Å². The second-order valence-electron chi connectivity index (χ2n) is 2.81. The fraction of sp³-hybridized carbons (Fsp3) is 0.714. The van der Waals surface area contributed by atoms with Gasteiger partial charge in [0.25, 0.3) is 0 Å². The monoisotopic (exact) mass is 187 g/mol. The molecule has 0 aliphatic carbocycles. The minimum absolute atomic E-state index is 0.148. The third kappa shape index (κ3) is 2.24. The van der Waals surface area contributed by atoms with E-state index in [1.807, 2.05) is 0 Å². The minimum Gasteiger partial charge on any atom is -0.465 e. The second-order valence-corrected chi connectivity index (χ2v) is 2.81. The maximum atomic E-state index is 11.1. The number of nitrogens with zero attached hydrogens (tertiary/aromatic N) is 2. The number of hydrogen-bond donors (Lipinski definition) is 2. The Labute approximate surface area is 76.1 Å². The van der Waals surface area contributed by atoms with Gasteiger partial charge in [-0.2, -0.15) is 0 Å². The normalized spacial score (nSPS) is 17.0. The number of piperazine rings is 1. The van der Waals surface area contributed by atoms with Crippen molar-refractivity contribution in [1.82, 2.24) is 15.1 Å². The highest BCUT2D eigenvalue weighted by Gasteiger charge is 2.22. The molecule has 1 aliphatic heterocycles. The average molecular weight is 187 g/mol. The van der Waals surface area contributed by atoms with Gasteiger partial charge in [0.2, 0.25) is 0 Å². The quantitative estimate of drug-likeness (QED) is 0.543.